The SMILES string of the molecule is CC[C@H](C)NC(=O)[C@H](CC)N(Cc1ccc(Cl)c(Cl)c1)C(=O)CN(c1cccc(Br)c1)S(=O)(=O)c1ccc(C)cc1. The zero-order valence-electron chi connectivity index (χ0n) is 23.4. The van der Waals surface area contributed by atoms with E-state index in [1.54, 1.807) is 54.6 Å². The van der Waals surface area contributed by atoms with Gasteiger partial charge in [-0.1, -0.05) is 82.8 Å². The van der Waals surface area contributed by atoms with E-state index in [0.717, 1.165) is 9.87 Å². The number of anilines is 1. The van der Waals surface area contributed by atoms with Crippen molar-refractivity contribution in [1.29, 1.82) is 0 Å². The van der Waals surface area contributed by atoms with Crippen molar-refractivity contribution in [2.75, 3.05) is 10.8 Å². The molecule has 2 atom stereocenters. The fourth-order valence-corrected chi connectivity index (χ4v) is 6.31. The number of halogens is 3. The number of carbonyl (C=O) groups is 2. The number of benzene rings is 3. The minimum atomic E-state index is -4.15. The monoisotopic (exact) mass is 681 g/mol. The van der Waals surface area contributed by atoms with Crippen molar-refractivity contribution in [2.24, 2.45) is 0 Å². The van der Waals surface area contributed by atoms with Gasteiger partial charge in [-0.15, -0.1) is 0 Å². The second-order valence-electron chi connectivity index (χ2n) is 9.82. The van der Waals surface area contributed by atoms with Crippen molar-refractivity contribution in [1.82, 2.24) is 10.2 Å². The first kappa shape index (κ1) is 32.9. The van der Waals surface area contributed by atoms with Crippen LogP contribution in [0.4, 0.5) is 5.69 Å². The van der Waals surface area contributed by atoms with E-state index in [2.05, 4.69) is 21.2 Å². The number of rotatable bonds is 12. The van der Waals surface area contributed by atoms with E-state index in [4.69, 9.17) is 23.2 Å². The molecule has 11 heteroatoms. The lowest BCUT2D eigenvalue weighted by molar-refractivity contribution is -0.140. The molecule has 0 saturated carbocycles. The minimum absolute atomic E-state index is 0.0268. The Bertz CT molecular complexity index is 1490. The molecule has 0 radical (unpaired) electrons. The first-order valence-electron chi connectivity index (χ1n) is 13.3. The smallest absolute Gasteiger partial charge is 0.264 e. The molecule has 0 aliphatic rings. The maximum atomic E-state index is 14.1. The molecular weight excluding hydrogens is 649 g/mol. The normalized spacial score (nSPS) is 12.9. The molecule has 0 heterocycles. The Morgan fingerprint density at radius 1 is 0.951 bits per heavy atom. The summed E-state index contributed by atoms with van der Waals surface area (Å²) in [4.78, 5) is 28.9. The third-order valence-electron chi connectivity index (χ3n) is 6.71. The third kappa shape index (κ3) is 8.47. The van der Waals surface area contributed by atoms with Gasteiger partial charge in [0.05, 0.1) is 20.6 Å². The van der Waals surface area contributed by atoms with E-state index in [9.17, 15) is 18.0 Å². The predicted octanol–water partition coefficient (Wildman–Crippen LogP) is 6.98. The molecule has 0 saturated heterocycles. The summed E-state index contributed by atoms with van der Waals surface area (Å²) < 4.78 is 29.6. The average molecular weight is 683 g/mol. The van der Waals surface area contributed by atoms with Gasteiger partial charge in [0.15, 0.2) is 0 Å². The molecule has 0 bridgehead atoms. The summed E-state index contributed by atoms with van der Waals surface area (Å²) in [5.74, 6) is -0.858. The van der Waals surface area contributed by atoms with Gasteiger partial charge in [0.2, 0.25) is 11.8 Å². The molecule has 220 valence electrons. The Labute approximate surface area is 261 Å². The molecule has 0 fully saturated rings. The number of nitrogens with zero attached hydrogens (tertiary/aromatic N) is 2. The maximum absolute atomic E-state index is 14.1. The average Bonchev–Trinajstić information content (AvgIpc) is 2.93. The van der Waals surface area contributed by atoms with Crippen LogP contribution in [-0.4, -0.2) is 43.8 Å². The second-order valence-corrected chi connectivity index (χ2v) is 13.4. The summed E-state index contributed by atoms with van der Waals surface area (Å²) in [6.45, 7) is 7.02. The third-order valence-corrected chi connectivity index (χ3v) is 9.73. The largest absolute Gasteiger partial charge is 0.352 e. The molecule has 3 aromatic carbocycles. The summed E-state index contributed by atoms with van der Waals surface area (Å²) in [7, 11) is -4.15. The van der Waals surface area contributed by atoms with Crippen LogP contribution in [0.3, 0.4) is 0 Å². The number of hydrogen-bond donors (Lipinski definition) is 1. The van der Waals surface area contributed by atoms with Crippen molar-refractivity contribution in [3.8, 4) is 0 Å². The Morgan fingerprint density at radius 3 is 2.22 bits per heavy atom. The summed E-state index contributed by atoms with van der Waals surface area (Å²) in [6.07, 6.45) is 1.03. The number of nitrogens with one attached hydrogen (secondary N) is 1. The summed E-state index contributed by atoms with van der Waals surface area (Å²) >= 11 is 15.8. The van der Waals surface area contributed by atoms with Crippen LogP contribution in [0.5, 0.6) is 0 Å². The highest BCUT2D eigenvalue weighted by atomic mass is 79.9. The molecule has 0 aromatic heterocycles. The van der Waals surface area contributed by atoms with Gasteiger partial charge in [-0.2, -0.15) is 0 Å². The fraction of sp³-hybridized carbons (Fsp3) is 0.333. The minimum Gasteiger partial charge on any atom is -0.352 e. The van der Waals surface area contributed by atoms with Crippen LogP contribution in [0.2, 0.25) is 10.0 Å². The zero-order chi connectivity index (χ0) is 30.3. The highest BCUT2D eigenvalue weighted by Crippen LogP contribution is 2.28. The molecule has 3 aromatic rings. The lowest BCUT2D eigenvalue weighted by Crippen LogP contribution is -2.53. The molecule has 3 rings (SSSR count). The van der Waals surface area contributed by atoms with Crippen LogP contribution in [-0.2, 0) is 26.2 Å². The molecular formula is C30H34BrCl2N3O4S. The van der Waals surface area contributed by atoms with Crippen molar-refractivity contribution in [3.05, 3.63) is 92.4 Å². The van der Waals surface area contributed by atoms with Gasteiger partial charge in [-0.3, -0.25) is 13.9 Å². The second kappa shape index (κ2) is 14.5. The number of aryl methyl sites for hydroxylation is 1. The van der Waals surface area contributed by atoms with Crippen molar-refractivity contribution in [2.45, 2.75) is 64.1 Å². The van der Waals surface area contributed by atoms with Gasteiger partial charge in [0.1, 0.15) is 12.6 Å². The molecule has 0 unspecified atom stereocenters. The van der Waals surface area contributed by atoms with Gasteiger partial charge in [-0.25, -0.2) is 8.42 Å². The van der Waals surface area contributed by atoms with Crippen molar-refractivity contribution >= 4 is 66.7 Å². The van der Waals surface area contributed by atoms with E-state index >= 15 is 0 Å². The molecule has 41 heavy (non-hydrogen) atoms. The van der Waals surface area contributed by atoms with Gasteiger partial charge in [0.25, 0.3) is 10.0 Å². The van der Waals surface area contributed by atoms with Gasteiger partial charge in [-0.05, 0) is 74.7 Å². The van der Waals surface area contributed by atoms with Crippen LogP contribution in [0.25, 0.3) is 0 Å². The van der Waals surface area contributed by atoms with Crippen LogP contribution in [0.1, 0.15) is 44.7 Å². The van der Waals surface area contributed by atoms with Crippen LogP contribution in [0.15, 0.2) is 76.1 Å². The molecule has 0 aliphatic carbocycles. The number of amides is 2. The highest BCUT2D eigenvalue weighted by Gasteiger charge is 2.34. The standard InChI is InChI=1S/C30H34BrCl2N3O4S/c1-5-21(4)34-30(38)28(6-2)35(18-22-12-15-26(32)27(33)16-22)29(37)19-36(24-9-7-8-23(31)17-24)41(39,40)25-13-10-20(3)11-14-25/h7-17,21,28H,5-6,18-19H2,1-4H3,(H,34,38)/t21-,28-/m0/s1. The first-order valence-corrected chi connectivity index (χ1v) is 16.2. The maximum Gasteiger partial charge on any atom is 0.264 e. The quantitative estimate of drug-likeness (QED) is 0.223. The van der Waals surface area contributed by atoms with Gasteiger partial charge < -0.3 is 10.2 Å². The Morgan fingerprint density at radius 2 is 1.63 bits per heavy atom. The van der Waals surface area contributed by atoms with Crippen LogP contribution < -0.4 is 9.62 Å². The van der Waals surface area contributed by atoms with Gasteiger partial charge >= 0.3 is 0 Å². The Balaban J connectivity index is 2.08. The zero-order valence-corrected chi connectivity index (χ0v) is 27.3. The highest BCUT2D eigenvalue weighted by molar-refractivity contribution is 9.10. The van der Waals surface area contributed by atoms with Crippen LogP contribution in [0, 0.1) is 6.92 Å². The van der Waals surface area contributed by atoms with Gasteiger partial charge in [0, 0.05) is 17.1 Å². The van der Waals surface area contributed by atoms with E-state index in [1.807, 2.05) is 27.7 Å². The number of hydrogen-bond acceptors (Lipinski definition) is 4. The van der Waals surface area contributed by atoms with E-state index in [0.29, 0.717) is 38.6 Å². The lowest BCUT2D eigenvalue weighted by atomic mass is 10.1. The van der Waals surface area contributed by atoms with E-state index in [-0.39, 0.29) is 23.4 Å². The van der Waals surface area contributed by atoms with Crippen molar-refractivity contribution < 1.29 is 18.0 Å². The molecule has 1 N–H and O–H groups in total. The number of sulfonamides is 1. The first-order chi connectivity index (χ1) is 19.4. The van der Waals surface area contributed by atoms with E-state index in [1.165, 1.54) is 17.0 Å². The summed E-state index contributed by atoms with van der Waals surface area (Å²) in [5.41, 5.74) is 1.86. The fourth-order valence-electron chi connectivity index (χ4n) is 4.19. The predicted molar refractivity (Wildman–Crippen MR) is 169 cm³/mol. The van der Waals surface area contributed by atoms with Crippen molar-refractivity contribution in [3.63, 3.8) is 0 Å². The molecule has 0 spiro atoms. The topological polar surface area (TPSA) is 86.8 Å². The summed E-state index contributed by atoms with van der Waals surface area (Å²) in [6, 6.07) is 17.2. The summed E-state index contributed by atoms with van der Waals surface area (Å²) in [5, 5.41) is 3.63. The lowest BCUT2D eigenvalue weighted by Gasteiger charge is -2.33. The Hall–Kier alpha value is -2.59. The molecule has 0 aliphatic heterocycles. The molecule has 2 amide bonds. The molecule has 7 nitrogen and oxygen atoms in total. The number of carbonyl (C=O) groups excluding carboxylic acids is 2. The van der Waals surface area contributed by atoms with E-state index < -0.39 is 28.5 Å². The van der Waals surface area contributed by atoms with Crippen LogP contribution >= 0.6 is 39.1 Å². The Kier molecular flexibility index (Phi) is 11.7.